The minimum absolute atomic E-state index is 0.0249. The van der Waals surface area contributed by atoms with Crippen molar-refractivity contribution < 1.29 is 27.9 Å². The standard InChI is InChI=1S/C16H20F2N2O4/c1-9(2)14(16(23)19-8-7-12(21)24-3)20-15(22)13-10(17)5-4-6-11(13)18/h4-6,9,14H,7-8H2,1-3H3,(H,19,23)(H,20,22). The van der Waals surface area contributed by atoms with Gasteiger partial charge in [0.05, 0.1) is 13.5 Å². The zero-order valence-electron chi connectivity index (χ0n) is 13.7. The van der Waals surface area contributed by atoms with Crippen LogP contribution in [0.2, 0.25) is 0 Å². The van der Waals surface area contributed by atoms with E-state index >= 15 is 0 Å². The highest BCUT2D eigenvalue weighted by Gasteiger charge is 2.27. The van der Waals surface area contributed by atoms with Crippen LogP contribution < -0.4 is 10.6 Å². The first-order valence-electron chi connectivity index (χ1n) is 7.37. The molecule has 1 atom stereocenters. The number of methoxy groups -OCH3 is 1. The molecule has 24 heavy (non-hydrogen) atoms. The van der Waals surface area contributed by atoms with Gasteiger partial charge in [-0.1, -0.05) is 19.9 Å². The van der Waals surface area contributed by atoms with Gasteiger partial charge in [-0.15, -0.1) is 0 Å². The van der Waals surface area contributed by atoms with Gasteiger partial charge < -0.3 is 15.4 Å². The third-order valence-corrected chi connectivity index (χ3v) is 3.28. The van der Waals surface area contributed by atoms with Gasteiger partial charge in [0.25, 0.3) is 5.91 Å². The van der Waals surface area contributed by atoms with Crippen molar-refractivity contribution in [2.45, 2.75) is 26.3 Å². The average molecular weight is 342 g/mol. The fourth-order valence-electron chi connectivity index (χ4n) is 1.96. The lowest BCUT2D eigenvalue weighted by molar-refractivity contribution is -0.140. The Bertz CT molecular complexity index is 600. The van der Waals surface area contributed by atoms with Crippen LogP contribution in [0.5, 0.6) is 0 Å². The Balaban J connectivity index is 2.77. The lowest BCUT2D eigenvalue weighted by atomic mass is 10.0. The van der Waals surface area contributed by atoms with Crippen molar-refractivity contribution in [3.8, 4) is 0 Å². The van der Waals surface area contributed by atoms with Crippen molar-refractivity contribution in [3.05, 3.63) is 35.4 Å². The molecule has 0 aromatic heterocycles. The SMILES string of the molecule is COC(=O)CCNC(=O)C(NC(=O)c1c(F)cccc1F)C(C)C. The minimum Gasteiger partial charge on any atom is -0.469 e. The molecule has 132 valence electrons. The number of rotatable bonds is 7. The number of ether oxygens (including phenoxy) is 1. The number of carbonyl (C=O) groups is 3. The number of carbonyl (C=O) groups excluding carboxylic acids is 3. The van der Waals surface area contributed by atoms with Gasteiger partial charge in [-0.05, 0) is 18.1 Å². The second kappa shape index (κ2) is 8.95. The molecule has 1 aromatic carbocycles. The maximum Gasteiger partial charge on any atom is 0.307 e. The monoisotopic (exact) mass is 342 g/mol. The molecule has 0 saturated heterocycles. The summed E-state index contributed by atoms with van der Waals surface area (Å²) in [6.07, 6.45) is -0.0249. The number of amides is 2. The first-order chi connectivity index (χ1) is 11.3. The lowest BCUT2D eigenvalue weighted by Gasteiger charge is -2.22. The van der Waals surface area contributed by atoms with E-state index < -0.39 is 41.0 Å². The summed E-state index contributed by atoms with van der Waals surface area (Å²) in [5.74, 6) is -4.43. The highest BCUT2D eigenvalue weighted by molar-refractivity contribution is 5.98. The smallest absolute Gasteiger partial charge is 0.307 e. The molecule has 2 amide bonds. The van der Waals surface area contributed by atoms with E-state index in [1.165, 1.54) is 7.11 Å². The maximum atomic E-state index is 13.6. The van der Waals surface area contributed by atoms with Crippen LogP contribution in [0.1, 0.15) is 30.6 Å². The van der Waals surface area contributed by atoms with Crippen molar-refractivity contribution in [2.75, 3.05) is 13.7 Å². The maximum absolute atomic E-state index is 13.6. The largest absolute Gasteiger partial charge is 0.469 e. The molecule has 0 heterocycles. The van der Waals surface area contributed by atoms with E-state index in [2.05, 4.69) is 15.4 Å². The number of hydrogen-bond donors (Lipinski definition) is 2. The van der Waals surface area contributed by atoms with Crippen LogP contribution in [0, 0.1) is 17.6 Å². The topological polar surface area (TPSA) is 84.5 Å². The summed E-state index contributed by atoms with van der Waals surface area (Å²) in [5, 5.41) is 4.79. The van der Waals surface area contributed by atoms with Gasteiger partial charge in [-0.2, -0.15) is 0 Å². The molecule has 0 radical (unpaired) electrons. The molecule has 0 aliphatic heterocycles. The first-order valence-corrected chi connectivity index (χ1v) is 7.37. The molecular formula is C16H20F2N2O4. The molecule has 0 spiro atoms. The Morgan fingerprint density at radius 1 is 1.17 bits per heavy atom. The van der Waals surface area contributed by atoms with E-state index in [1.807, 2.05) is 0 Å². The van der Waals surface area contributed by atoms with Crippen molar-refractivity contribution in [2.24, 2.45) is 5.92 Å². The molecular weight excluding hydrogens is 322 g/mol. The fraction of sp³-hybridized carbons (Fsp3) is 0.438. The van der Waals surface area contributed by atoms with Gasteiger partial charge in [0.2, 0.25) is 5.91 Å². The Hall–Kier alpha value is -2.51. The Labute approximate surface area is 138 Å². The molecule has 2 N–H and O–H groups in total. The summed E-state index contributed by atoms with van der Waals surface area (Å²) in [7, 11) is 1.23. The van der Waals surface area contributed by atoms with Gasteiger partial charge in [0.1, 0.15) is 23.2 Å². The second-order valence-corrected chi connectivity index (χ2v) is 5.41. The van der Waals surface area contributed by atoms with E-state index in [0.717, 1.165) is 18.2 Å². The molecule has 1 unspecified atom stereocenters. The summed E-state index contributed by atoms with van der Waals surface area (Å²) in [6, 6.07) is 2.05. The second-order valence-electron chi connectivity index (χ2n) is 5.41. The van der Waals surface area contributed by atoms with Crippen molar-refractivity contribution >= 4 is 17.8 Å². The molecule has 6 nitrogen and oxygen atoms in total. The Morgan fingerprint density at radius 3 is 2.25 bits per heavy atom. The third-order valence-electron chi connectivity index (χ3n) is 3.28. The normalized spacial score (nSPS) is 11.8. The first kappa shape index (κ1) is 19.5. The molecule has 1 rings (SSSR count). The van der Waals surface area contributed by atoms with E-state index in [1.54, 1.807) is 13.8 Å². The van der Waals surface area contributed by atoms with Gasteiger partial charge in [0.15, 0.2) is 0 Å². The molecule has 0 aliphatic rings. The summed E-state index contributed by atoms with van der Waals surface area (Å²) in [6.45, 7) is 3.36. The van der Waals surface area contributed by atoms with Crippen molar-refractivity contribution in [1.29, 1.82) is 0 Å². The Morgan fingerprint density at radius 2 is 1.75 bits per heavy atom. The number of hydrogen-bond acceptors (Lipinski definition) is 4. The zero-order valence-corrected chi connectivity index (χ0v) is 13.7. The number of halogens is 2. The molecule has 0 bridgehead atoms. The summed E-state index contributed by atoms with van der Waals surface area (Å²) in [5.41, 5.74) is -0.745. The molecule has 0 fully saturated rings. The molecule has 0 aliphatic carbocycles. The summed E-state index contributed by atoms with van der Waals surface area (Å²) < 4.78 is 31.7. The van der Waals surface area contributed by atoms with Crippen LogP contribution in [0.15, 0.2) is 18.2 Å². The van der Waals surface area contributed by atoms with Gasteiger partial charge in [-0.25, -0.2) is 8.78 Å². The van der Waals surface area contributed by atoms with Crippen molar-refractivity contribution in [1.82, 2.24) is 10.6 Å². The number of nitrogens with one attached hydrogen (secondary N) is 2. The van der Waals surface area contributed by atoms with Crippen LogP contribution in [-0.2, 0) is 14.3 Å². The predicted molar refractivity (Wildman–Crippen MR) is 82.1 cm³/mol. The van der Waals surface area contributed by atoms with E-state index in [0.29, 0.717) is 0 Å². The quantitative estimate of drug-likeness (QED) is 0.734. The van der Waals surface area contributed by atoms with Crippen LogP contribution in [0.4, 0.5) is 8.78 Å². The van der Waals surface area contributed by atoms with Crippen LogP contribution in [0.25, 0.3) is 0 Å². The van der Waals surface area contributed by atoms with Gasteiger partial charge >= 0.3 is 5.97 Å². The lowest BCUT2D eigenvalue weighted by Crippen LogP contribution is -2.50. The fourth-order valence-corrected chi connectivity index (χ4v) is 1.96. The summed E-state index contributed by atoms with van der Waals surface area (Å²) >= 11 is 0. The Kier molecular flexibility index (Phi) is 7.29. The number of esters is 1. The predicted octanol–water partition coefficient (Wildman–Crippen LogP) is 1.40. The highest BCUT2D eigenvalue weighted by atomic mass is 19.1. The highest BCUT2D eigenvalue weighted by Crippen LogP contribution is 2.13. The molecule has 8 heteroatoms. The molecule has 1 aromatic rings. The summed E-state index contributed by atoms with van der Waals surface area (Å²) in [4.78, 5) is 35.2. The minimum atomic E-state index is -1.02. The van der Waals surface area contributed by atoms with Crippen LogP contribution >= 0.6 is 0 Å². The van der Waals surface area contributed by atoms with E-state index in [4.69, 9.17) is 0 Å². The van der Waals surface area contributed by atoms with E-state index in [-0.39, 0.29) is 18.9 Å². The van der Waals surface area contributed by atoms with Crippen LogP contribution in [0.3, 0.4) is 0 Å². The average Bonchev–Trinajstić information content (AvgIpc) is 2.51. The third kappa shape index (κ3) is 5.29. The van der Waals surface area contributed by atoms with Gasteiger partial charge in [-0.3, -0.25) is 14.4 Å². The van der Waals surface area contributed by atoms with E-state index in [9.17, 15) is 23.2 Å². The zero-order chi connectivity index (χ0) is 18.3. The van der Waals surface area contributed by atoms with Gasteiger partial charge in [0, 0.05) is 6.54 Å². The molecule has 0 saturated carbocycles. The number of benzene rings is 1. The van der Waals surface area contributed by atoms with Crippen molar-refractivity contribution in [3.63, 3.8) is 0 Å². The van der Waals surface area contributed by atoms with Crippen LogP contribution in [-0.4, -0.2) is 37.5 Å².